The number of hydrogen-bond acceptors (Lipinski definition) is 2. The van der Waals surface area contributed by atoms with Crippen LogP contribution in [0.15, 0.2) is 0 Å². The molecule has 1 fully saturated rings. The molecule has 2 amide bonds. The van der Waals surface area contributed by atoms with Crippen LogP contribution in [-0.4, -0.2) is 23.9 Å². The zero-order chi connectivity index (χ0) is 13.1. The van der Waals surface area contributed by atoms with Gasteiger partial charge < -0.3 is 10.6 Å². The van der Waals surface area contributed by atoms with Crippen molar-refractivity contribution in [3.05, 3.63) is 0 Å². The first-order valence-corrected chi connectivity index (χ1v) is 6.32. The van der Waals surface area contributed by atoms with Crippen LogP contribution in [0.2, 0.25) is 0 Å². The summed E-state index contributed by atoms with van der Waals surface area (Å²) in [6.07, 6.45) is 4.08. The smallest absolute Gasteiger partial charge is 0.239 e. The molecule has 0 aromatic rings. The van der Waals surface area contributed by atoms with Crippen molar-refractivity contribution in [3.63, 3.8) is 0 Å². The molecule has 0 radical (unpaired) electrons. The Bertz CT molecular complexity index is 299. The molecule has 1 aliphatic rings. The highest BCUT2D eigenvalue weighted by Crippen LogP contribution is 2.37. The summed E-state index contributed by atoms with van der Waals surface area (Å²) in [5, 5.41) is 5.56. The summed E-state index contributed by atoms with van der Waals surface area (Å²) < 4.78 is 0. The number of carbonyl (C=O) groups excluding carboxylic acids is 2. The van der Waals surface area contributed by atoms with Gasteiger partial charge in [0.15, 0.2) is 0 Å². The molecule has 98 valence electrons. The van der Waals surface area contributed by atoms with Gasteiger partial charge in [-0.1, -0.05) is 19.8 Å². The van der Waals surface area contributed by atoms with E-state index in [1.165, 1.54) is 0 Å². The molecule has 0 bridgehead atoms. The number of amides is 2. The van der Waals surface area contributed by atoms with Gasteiger partial charge >= 0.3 is 0 Å². The van der Waals surface area contributed by atoms with Crippen LogP contribution in [-0.2, 0) is 9.59 Å². The van der Waals surface area contributed by atoms with Gasteiger partial charge in [0.25, 0.3) is 0 Å². The van der Waals surface area contributed by atoms with Crippen molar-refractivity contribution in [2.75, 3.05) is 6.54 Å². The zero-order valence-electron chi connectivity index (χ0n) is 11.4. The molecule has 0 atom stereocenters. The van der Waals surface area contributed by atoms with Crippen LogP contribution in [0, 0.1) is 5.41 Å². The van der Waals surface area contributed by atoms with E-state index in [0.717, 1.165) is 25.7 Å². The van der Waals surface area contributed by atoms with Crippen molar-refractivity contribution in [1.29, 1.82) is 0 Å². The van der Waals surface area contributed by atoms with Gasteiger partial charge in [0.2, 0.25) is 11.8 Å². The first kappa shape index (κ1) is 14.0. The van der Waals surface area contributed by atoms with Gasteiger partial charge in [-0.15, -0.1) is 0 Å². The summed E-state index contributed by atoms with van der Waals surface area (Å²) in [6, 6.07) is 0. The standard InChI is InChI=1S/C13H24N2O2/c1-12(2,3)15-10(16)9-14-11(17)13(4)7-5-6-8-13/h5-9H2,1-4H3,(H,14,17)(H,15,16). The summed E-state index contributed by atoms with van der Waals surface area (Å²) in [6.45, 7) is 7.82. The van der Waals surface area contributed by atoms with Crippen LogP contribution < -0.4 is 10.6 Å². The van der Waals surface area contributed by atoms with Crippen LogP contribution in [0.3, 0.4) is 0 Å². The first-order valence-electron chi connectivity index (χ1n) is 6.32. The maximum atomic E-state index is 11.9. The zero-order valence-corrected chi connectivity index (χ0v) is 11.4. The second kappa shape index (κ2) is 5.07. The lowest BCUT2D eigenvalue weighted by molar-refractivity contribution is -0.132. The van der Waals surface area contributed by atoms with E-state index in [-0.39, 0.29) is 29.3 Å². The van der Waals surface area contributed by atoms with E-state index < -0.39 is 0 Å². The minimum atomic E-state index is -0.262. The SMILES string of the molecule is CC(C)(C)NC(=O)CNC(=O)C1(C)CCCC1. The van der Waals surface area contributed by atoms with Crippen LogP contribution in [0.25, 0.3) is 0 Å². The van der Waals surface area contributed by atoms with E-state index in [0.29, 0.717) is 0 Å². The Morgan fingerprint density at radius 3 is 2.18 bits per heavy atom. The first-order chi connectivity index (χ1) is 7.73. The predicted molar refractivity (Wildman–Crippen MR) is 67.5 cm³/mol. The van der Waals surface area contributed by atoms with Gasteiger partial charge in [0.05, 0.1) is 6.54 Å². The molecule has 1 saturated carbocycles. The fraction of sp³-hybridized carbons (Fsp3) is 0.846. The topological polar surface area (TPSA) is 58.2 Å². The summed E-state index contributed by atoms with van der Waals surface area (Å²) in [5.41, 5.74) is -0.513. The molecule has 0 aromatic heterocycles. The molecule has 1 aliphatic carbocycles. The normalized spacial score (nSPS) is 18.8. The number of nitrogens with one attached hydrogen (secondary N) is 2. The molecule has 17 heavy (non-hydrogen) atoms. The van der Waals surface area contributed by atoms with E-state index in [2.05, 4.69) is 10.6 Å². The van der Waals surface area contributed by atoms with Crippen molar-refractivity contribution >= 4 is 11.8 Å². The van der Waals surface area contributed by atoms with Gasteiger partial charge in [0, 0.05) is 11.0 Å². The average molecular weight is 240 g/mol. The second-order valence-corrected chi connectivity index (χ2v) is 6.25. The number of hydrogen-bond donors (Lipinski definition) is 2. The third-order valence-electron chi connectivity index (χ3n) is 3.18. The molecule has 1 rings (SSSR count). The highest BCUT2D eigenvalue weighted by atomic mass is 16.2. The molecule has 0 spiro atoms. The van der Waals surface area contributed by atoms with Crippen LogP contribution in [0.4, 0.5) is 0 Å². The summed E-state index contributed by atoms with van der Waals surface area (Å²) in [7, 11) is 0. The Morgan fingerprint density at radius 1 is 1.18 bits per heavy atom. The van der Waals surface area contributed by atoms with Crippen LogP contribution in [0.1, 0.15) is 53.4 Å². The highest BCUT2D eigenvalue weighted by molar-refractivity contribution is 5.88. The summed E-state index contributed by atoms with van der Waals surface area (Å²) in [5.74, 6) is -0.119. The molecule has 0 heterocycles. The molecule has 0 saturated heterocycles. The van der Waals surface area contributed by atoms with E-state index in [9.17, 15) is 9.59 Å². The van der Waals surface area contributed by atoms with E-state index >= 15 is 0 Å². The lowest BCUT2D eigenvalue weighted by atomic mass is 9.88. The van der Waals surface area contributed by atoms with Gasteiger partial charge in [-0.3, -0.25) is 9.59 Å². The van der Waals surface area contributed by atoms with E-state index in [1.807, 2.05) is 27.7 Å². The minimum Gasteiger partial charge on any atom is -0.350 e. The van der Waals surface area contributed by atoms with Crippen molar-refractivity contribution in [3.8, 4) is 0 Å². The van der Waals surface area contributed by atoms with E-state index in [4.69, 9.17) is 0 Å². The summed E-state index contributed by atoms with van der Waals surface area (Å²) in [4.78, 5) is 23.5. The van der Waals surface area contributed by atoms with Crippen LogP contribution >= 0.6 is 0 Å². The molecule has 4 heteroatoms. The Labute approximate surface area is 104 Å². The van der Waals surface area contributed by atoms with Gasteiger partial charge in [-0.05, 0) is 33.6 Å². The molecular formula is C13H24N2O2. The lowest BCUT2D eigenvalue weighted by Crippen LogP contribution is -2.48. The molecule has 0 aromatic carbocycles. The summed E-state index contributed by atoms with van der Waals surface area (Å²) >= 11 is 0. The quantitative estimate of drug-likeness (QED) is 0.787. The predicted octanol–water partition coefficient (Wildman–Crippen LogP) is 1.60. The second-order valence-electron chi connectivity index (χ2n) is 6.25. The van der Waals surface area contributed by atoms with Gasteiger partial charge in [-0.25, -0.2) is 0 Å². The monoisotopic (exact) mass is 240 g/mol. The van der Waals surface area contributed by atoms with Gasteiger partial charge in [-0.2, -0.15) is 0 Å². The molecular weight excluding hydrogens is 216 g/mol. The lowest BCUT2D eigenvalue weighted by Gasteiger charge is -2.24. The molecule has 0 unspecified atom stereocenters. The fourth-order valence-electron chi connectivity index (χ4n) is 2.22. The average Bonchev–Trinajstić information content (AvgIpc) is 2.60. The number of carbonyl (C=O) groups is 2. The van der Waals surface area contributed by atoms with Crippen molar-refractivity contribution in [2.24, 2.45) is 5.41 Å². The van der Waals surface area contributed by atoms with Gasteiger partial charge in [0.1, 0.15) is 0 Å². The third-order valence-corrected chi connectivity index (χ3v) is 3.18. The maximum Gasteiger partial charge on any atom is 0.239 e. The van der Waals surface area contributed by atoms with Crippen molar-refractivity contribution in [1.82, 2.24) is 10.6 Å². The minimum absolute atomic E-state index is 0.0130. The fourth-order valence-corrected chi connectivity index (χ4v) is 2.22. The molecule has 2 N–H and O–H groups in total. The number of rotatable bonds is 3. The maximum absolute atomic E-state index is 11.9. The molecule has 0 aliphatic heterocycles. The van der Waals surface area contributed by atoms with Crippen molar-refractivity contribution in [2.45, 2.75) is 58.9 Å². The van der Waals surface area contributed by atoms with Crippen LogP contribution in [0.5, 0.6) is 0 Å². The highest BCUT2D eigenvalue weighted by Gasteiger charge is 2.36. The Hall–Kier alpha value is -1.06. The Kier molecular flexibility index (Phi) is 4.17. The Morgan fingerprint density at radius 2 is 1.71 bits per heavy atom. The molecule has 4 nitrogen and oxygen atoms in total. The van der Waals surface area contributed by atoms with E-state index in [1.54, 1.807) is 0 Å². The third kappa shape index (κ3) is 4.36. The largest absolute Gasteiger partial charge is 0.350 e. The van der Waals surface area contributed by atoms with Crippen molar-refractivity contribution < 1.29 is 9.59 Å². The Balaban J connectivity index is 2.36.